The number of Topliss-reactive ketones (excluding diaryl/α,β-unsaturated/α-hetero) is 4. The van der Waals surface area contributed by atoms with Crippen molar-refractivity contribution >= 4 is 80.3 Å². The van der Waals surface area contributed by atoms with Gasteiger partial charge >= 0.3 is 6.18 Å². The van der Waals surface area contributed by atoms with E-state index in [0.29, 0.717) is 33.1 Å². The summed E-state index contributed by atoms with van der Waals surface area (Å²) in [5.74, 6) is -1.44. The molecule has 6 aliphatic rings. The predicted molar refractivity (Wildman–Crippen MR) is 214 cm³/mol. The number of carbonyl (C=O) groups excluding carboxylic acids is 4. The Labute approximate surface area is 333 Å². The molecular weight excluding hydrogens is 770 g/mol. The highest BCUT2D eigenvalue weighted by atomic mass is 32.1. The number of ketones is 4. The first-order valence-corrected chi connectivity index (χ1v) is 20.0. The largest absolute Gasteiger partial charge is 0.482 e. The van der Waals surface area contributed by atoms with Gasteiger partial charge in [-0.3, -0.25) is 19.2 Å². The van der Waals surface area contributed by atoms with Crippen molar-refractivity contribution in [3.05, 3.63) is 137 Å². The minimum absolute atomic E-state index is 0.0236. The van der Waals surface area contributed by atoms with Gasteiger partial charge in [0.1, 0.15) is 22.7 Å². The number of aryl methyl sites for hydroxylation is 1. The number of alkyl halides is 3. The number of halogens is 3. The lowest BCUT2D eigenvalue weighted by molar-refractivity contribution is -0.137. The number of fused-ring (bicyclic) bond motifs is 9. The maximum absolute atomic E-state index is 13.6. The summed E-state index contributed by atoms with van der Waals surface area (Å²) in [6, 6.07) is 11.9. The zero-order valence-corrected chi connectivity index (χ0v) is 32.8. The molecule has 0 fully saturated rings. The van der Waals surface area contributed by atoms with Gasteiger partial charge in [0.05, 0.1) is 15.3 Å². The molecule has 4 heterocycles. The van der Waals surface area contributed by atoms with Crippen molar-refractivity contribution in [2.24, 2.45) is 11.8 Å². The minimum atomic E-state index is -4.63. The molecular formula is C46H31F3O6S2. The van der Waals surface area contributed by atoms with Crippen molar-refractivity contribution in [3.8, 4) is 11.5 Å². The van der Waals surface area contributed by atoms with Gasteiger partial charge < -0.3 is 9.47 Å². The van der Waals surface area contributed by atoms with E-state index < -0.39 is 46.1 Å². The zero-order chi connectivity index (χ0) is 40.1. The lowest BCUT2D eigenvalue weighted by Crippen LogP contribution is -2.39. The first kappa shape index (κ1) is 35.7. The molecule has 11 heteroatoms. The quantitative estimate of drug-likeness (QED) is 0.148. The van der Waals surface area contributed by atoms with E-state index in [1.54, 1.807) is 18.2 Å². The topological polar surface area (TPSA) is 86.7 Å². The molecule has 0 saturated heterocycles. The average molecular weight is 801 g/mol. The van der Waals surface area contributed by atoms with Gasteiger partial charge in [-0.2, -0.15) is 13.2 Å². The van der Waals surface area contributed by atoms with Crippen molar-refractivity contribution < 1.29 is 41.8 Å². The summed E-state index contributed by atoms with van der Waals surface area (Å²) in [6.45, 7) is 9.96. The predicted octanol–water partition coefficient (Wildman–Crippen LogP) is 10.7. The second kappa shape index (κ2) is 11.7. The molecule has 0 N–H and O–H groups in total. The van der Waals surface area contributed by atoms with E-state index in [4.69, 9.17) is 9.47 Å². The maximum Gasteiger partial charge on any atom is 0.416 e. The van der Waals surface area contributed by atoms with Crippen LogP contribution in [0.25, 0.3) is 34.4 Å². The van der Waals surface area contributed by atoms with Crippen LogP contribution >= 0.6 is 22.7 Å². The first-order chi connectivity index (χ1) is 26.9. The Morgan fingerprint density at radius 1 is 0.596 bits per heavy atom. The molecule has 4 aliphatic carbocycles. The molecule has 6 nitrogen and oxygen atoms in total. The minimum Gasteiger partial charge on any atom is -0.482 e. The van der Waals surface area contributed by atoms with Crippen molar-refractivity contribution in [1.29, 1.82) is 0 Å². The van der Waals surface area contributed by atoms with E-state index in [0.717, 1.165) is 60.7 Å². The highest BCUT2D eigenvalue weighted by Crippen LogP contribution is 2.56. The lowest BCUT2D eigenvalue weighted by Gasteiger charge is -2.42. The third-order valence-corrected chi connectivity index (χ3v) is 13.7. The number of rotatable bonds is 2. The Morgan fingerprint density at radius 2 is 1.05 bits per heavy atom. The number of thiophene rings is 2. The number of benzene rings is 2. The van der Waals surface area contributed by atoms with Crippen LogP contribution in [0.2, 0.25) is 0 Å². The summed E-state index contributed by atoms with van der Waals surface area (Å²) in [5, 5.41) is 0. The SMILES string of the molecule is Cc1ccc2c(c1)/C(=C/c1cc3c(s1)C1=CC4C=C5C(=CC4C=C1C(C)(C)O3)c1sc(/C=C3\C(=O)C(=O)c4ccc(C(F)(F)F)cc43)cc1OC5(C)C)C(=O)C2=O. The van der Waals surface area contributed by atoms with Crippen LogP contribution in [-0.4, -0.2) is 34.3 Å². The van der Waals surface area contributed by atoms with Crippen LogP contribution in [-0.2, 0) is 15.8 Å². The van der Waals surface area contributed by atoms with E-state index in [1.165, 1.54) is 28.7 Å². The molecule has 4 aromatic rings. The van der Waals surface area contributed by atoms with Crippen molar-refractivity contribution in [1.82, 2.24) is 0 Å². The van der Waals surface area contributed by atoms with Crippen LogP contribution in [0.4, 0.5) is 13.2 Å². The van der Waals surface area contributed by atoms with Crippen LogP contribution in [0.5, 0.6) is 11.5 Å². The Morgan fingerprint density at radius 3 is 1.53 bits per heavy atom. The van der Waals surface area contributed by atoms with E-state index in [-0.39, 0.29) is 28.5 Å². The lowest BCUT2D eigenvalue weighted by atomic mass is 9.70. The molecule has 2 aliphatic heterocycles. The van der Waals surface area contributed by atoms with Crippen LogP contribution in [0.15, 0.2) is 84.0 Å². The Bertz CT molecular complexity index is 2830. The fourth-order valence-corrected chi connectivity index (χ4v) is 10.9. The summed E-state index contributed by atoms with van der Waals surface area (Å²) >= 11 is 2.87. The summed E-state index contributed by atoms with van der Waals surface area (Å²) in [7, 11) is 0. The Hall–Kier alpha value is -5.65. The summed E-state index contributed by atoms with van der Waals surface area (Å²) in [6.07, 6.45) is 7.62. The molecule has 2 aromatic heterocycles. The number of ether oxygens (including phenoxy) is 2. The van der Waals surface area contributed by atoms with Gasteiger partial charge in [0.15, 0.2) is 0 Å². The Balaban J connectivity index is 1.02. The van der Waals surface area contributed by atoms with Crippen LogP contribution in [0, 0.1) is 18.8 Å². The highest BCUT2D eigenvalue weighted by molar-refractivity contribution is 7.15. The molecule has 0 radical (unpaired) electrons. The fourth-order valence-electron chi connectivity index (χ4n) is 8.75. The van der Waals surface area contributed by atoms with E-state index in [2.05, 4.69) is 24.3 Å². The van der Waals surface area contributed by atoms with E-state index >= 15 is 0 Å². The molecule has 0 bridgehead atoms. The second-order valence-corrected chi connectivity index (χ2v) is 18.3. The summed E-state index contributed by atoms with van der Waals surface area (Å²) in [5.41, 5.74) is 3.97. The number of hydrogen-bond donors (Lipinski definition) is 0. The van der Waals surface area contributed by atoms with Gasteiger partial charge in [0, 0.05) is 43.9 Å². The maximum atomic E-state index is 13.6. The standard InChI is InChI=1S/C46H31F3O6S2/c1-20-6-8-26-28(10-20)30(40(52)38(26)50)16-24-18-36-42(56-24)32-11-21-14-35-33(12-22(21)13-34(32)44(2,3)54-36)43-37(55-45(35,4)5)19-25(57-43)17-31-29-15-23(46(47,48)49)7-9-27(29)39(51)41(31)53/h6-19,21-22H,1-5H3/b30-16-,31-17-. The zero-order valence-electron chi connectivity index (χ0n) is 31.1. The van der Waals surface area contributed by atoms with E-state index in [9.17, 15) is 32.3 Å². The second-order valence-electron chi connectivity index (χ2n) is 16.1. The average Bonchev–Trinajstić information content (AvgIpc) is 3.86. The normalized spacial score (nSPS) is 23.6. The molecule has 0 spiro atoms. The van der Waals surface area contributed by atoms with Gasteiger partial charge in [-0.15, -0.1) is 22.7 Å². The monoisotopic (exact) mass is 800 g/mol. The molecule has 0 saturated carbocycles. The van der Waals surface area contributed by atoms with Gasteiger partial charge in [0.25, 0.3) is 0 Å². The van der Waals surface area contributed by atoms with Crippen molar-refractivity contribution in [2.45, 2.75) is 52.0 Å². The number of carbonyl (C=O) groups is 4. The van der Waals surface area contributed by atoms with Crippen LogP contribution in [0.3, 0.4) is 0 Å². The molecule has 10 rings (SSSR count). The highest BCUT2D eigenvalue weighted by Gasteiger charge is 2.45. The molecule has 0 amide bonds. The smallest absolute Gasteiger partial charge is 0.416 e. The summed E-state index contributed by atoms with van der Waals surface area (Å²) < 4.78 is 54.0. The molecule has 2 atom stereocenters. The van der Waals surface area contributed by atoms with Gasteiger partial charge in [-0.25, -0.2) is 0 Å². The fraction of sp³-hybridized carbons (Fsp3) is 0.217. The third-order valence-electron chi connectivity index (χ3n) is 11.5. The first-order valence-electron chi connectivity index (χ1n) is 18.4. The van der Waals surface area contributed by atoms with Gasteiger partial charge in [-0.1, -0.05) is 48.1 Å². The molecule has 2 aromatic carbocycles. The molecule has 284 valence electrons. The summed E-state index contributed by atoms with van der Waals surface area (Å²) in [4.78, 5) is 54.9. The van der Waals surface area contributed by atoms with Gasteiger partial charge in [0.2, 0.25) is 23.1 Å². The van der Waals surface area contributed by atoms with Gasteiger partial charge in [-0.05, 0) is 111 Å². The van der Waals surface area contributed by atoms with Crippen LogP contribution in [0.1, 0.15) is 90.2 Å². The third kappa shape index (κ3) is 5.35. The molecule has 2 unspecified atom stereocenters. The van der Waals surface area contributed by atoms with Crippen molar-refractivity contribution in [2.75, 3.05) is 0 Å². The van der Waals surface area contributed by atoms with Crippen LogP contribution < -0.4 is 9.47 Å². The Kier molecular flexibility index (Phi) is 7.34. The number of hydrogen-bond acceptors (Lipinski definition) is 8. The molecule has 57 heavy (non-hydrogen) atoms. The van der Waals surface area contributed by atoms with Crippen molar-refractivity contribution in [3.63, 3.8) is 0 Å². The van der Waals surface area contributed by atoms with E-state index in [1.807, 2.05) is 52.8 Å². The number of allylic oxidation sites excluding steroid dienone is 6.